The molecule has 0 aromatic heterocycles. The molecule has 1 atom stereocenters. The number of Topliss-reactive ketones (excluding diaryl/α,β-unsaturated/α-hetero) is 1. The Morgan fingerprint density at radius 1 is 1.08 bits per heavy atom. The van der Waals surface area contributed by atoms with Gasteiger partial charge >= 0.3 is 6.18 Å². The topological polar surface area (TPSA) is 52.3 Å². The van der Waals surface area contributed by atoms with E-state index in [1.165, 1.54) is 30.3 Å². The molecule has 0 spiro atoms. The van der Waals surface area contributed by atoms with Gasteiger partial charge in [0.1, 0.15) is 5.75 Å². The molecular formula is C17H15Cl3F3NO2. The van der Waals surface area contributed by atoms with Crippen LogP contribution in [0.25, 0.3) is 0 Å². The summed E-state index contributed by atoms with van der Waals surface area (Å²) in [5.74, 6) is -0.121. The van der Waals surface area contributed by atoms with Crippen LogP contribution in [0.15, 0.2) is 42.5 Å². The summed E-state index contributed by atoms with van der Waals surface area (Å²) in [4.78, 5) is 12.4. The van der Waals surface area contributed by atoms with E-state index in [0.29, 0.717) is 16.1 Å². The third kappa shape index (κ3) is 6.36. The first kappa shape index (κ1) is 22.6. The SMILES string of the molecule is Cl.NC(C(=O)c1ccc(OCCC(F)(F)F)cc1)c1ccc(Cl)c(Cl)c1. The van der Waals surface area contributed by atoms with Gasteiger partial charge in [-0.25, -0.2) is 0 Å². The highest BCUT2D eigenvalue weighted by molar-refractivity contribution is 6.42. The predicted molar refractivity (Wildman–Crippen MR) is 97.6 cm³/mol. The number of hydrogen-bond acceptors (Lipinski definition) is 3. The third-order valence-corrected chi connectivity index (χ3v) is 4.12. The Balaban J connectivity index is 0.00000338. The molecule has 1 unspecified atom stereocenters. The van der Waals surface area contributed by atoms with Crippen molar-refractivity contribution in [1.82, 2.24) is 0 Å². The molecule has 0 bridgehead atoms. The molecule has 9 heteroatoms. The van der Waals surface area contributed by atoms with E-state index in [0.717, 1.165) is 0 Å². The first-order chi connectivity index (χ1) is 11.7. The largest absolute Gasteiger partial charge is 0.493 e. The lowest BCUT2D eigenvalue weighted by molar-refractivity contribution is -0.139. The fourth-order valence-corrected chi connectivity index (χ4v) is 2.34. The Labute approximate surface area is 164 Å². The van der Waals surface area contributed by atoms with E-state index in [9.17, 15) is 18.0 Å². The summed E-state index contributed by atoms with van der Waals surface area (Å²) in [5, 5.41) is 0.640. The maximum atomic E-state index is 12.4. The number of benzene rings is 2. The van der Waals surface area contributed by atoms with Crippen LogP contribution >= 0.6 is 35.6 Å². The molecule has 0 radical (unpaired) electrons. The van der Waals surface area contributed by atoms with Crippen molar-refractivity contribution in [3.8, 4) is 5.75 Å². The van der Waals surface area contributed by atoms with Crippen molar-refractivity contribution in [3.05, 3.63) is 63.6 Å². The van der Waals surface area contributed by atoms with Gasteiger partial charge in [-0.15, -0.1) is 12.4 Å². The van der Waals surface area contributed by atoms with Crippen molar-refractivity contribution in [2.75, 3.05) is 6.61 Å². The van der Waals surface area contributed by atoms with Gasteiger partial charge in [-0.05, 0) is 42.0 Å². The minimum Gasteiger partial charge on any atom is -0.493 e. The Morgan fingerprint density at radius 3 is 2.23 bits per heavy atom. The summed E-state index contributed by atoms with van der Waals surface area (Å²) >= 11 is 11.7. The maximum absolute atomic E-state index is 12.4. The monoisotopic (exact) mass is 427 g/mol. The number of ether oxygens (including phenoxy) is 1. The lowest BCUT2D eigenvalue weighted by Gasteiger charge is -2.13. The second-order valence-electron chi connectivity index (χ2n) is 5.25. The average molecular weight is 429 g/mol. The molecule has 2 aromatic carbocycles. The summed E-state index contributed by atoms with van der Waals surface area (Å²) in [6, 6.07) is 9.46. The molecule has 0 saturated heterocycles. The van der Waals surface area contributed by atoms with E-state index in [4.69, 9.17) is 33.7 Å². The number of nitrogens with two attached hydrogens (primary N) is 1. The van der Waals surface area contributed by atoms with Crippen LogP contribution in [0.3, 0.4) is 0 Å². The lowest BCUT2D eigenvalue weighted by Crippen LogP contribution is -2.21. The molecule has 0 aliphatic heterocycles. The number of rotatable bonds is 6. The lowest BCUT2D eigenvalue weighted by atomic mass is 9.98. The van der Waals surface area contributed by atoms with Gasteiger partial charge in [0.25, 0.3) is 0 Å². The smallest absolute Gasteiger partial charge is 0.392 e. The normalized spacial score (nSPS) is 12.2. The van der Waals surface area contributed by atoms with Gasteiger partial charge in [0.15, 0.2) is 5.78 Å². The summed E-state index contributed by atoms with van der Waals surface area (Å²) in [5.41, 5.74) is 6.76. The number of carbonyl (C=O) groups excluding carboxylic acids is 1. The van der Waals surface area contributed by atoms with Crippen LogP contribution in [-0.4, -0.2) is 18.6 Å². The molecule has 2 rings (SSSR count). The number of hydrogen-bond donors (Lipinski definition) is 1. The molecule has 0 aliphatic rings. The van der Waals surface area contributed by atoms with Gasteiger partial charge in [0, 0.05) is 5.56 Å². The van der Waals surface area contributed by atoms with Crippen molar-refractivity contribution in [3.63, 3.8) is 0 Å². The Hall–Kier alpha value is -1.47. The van der Waals surface area contributed by atoms with Gasteiger partial charge in [0.05, 0.1) is 29.1 Å². The molecule has 2 N–H and O–H groups in total. The van der Waals surface area contributed by atoms with Gasteiger partial charge in [0.2, 0.25) is 0 Å². The highest BCUT2D eigenvalue weighted by Gasteiger charge is 2.26. The molecule has 0 heterocycles. The zero-order valence-electron chi connectivity index (χ0n) is 13.2. The van der Waals surface area contributed by atoms with Crippen molar-refractivity contribution in [2.24, 2.45) is 5.73 Å². The minimum absolute atomic E-state index is 0. The van der Waals surface area contributed by atoms with E-state index in [1.807, 2.05) is 0 Å². The van der Waals surface area contributed by atoms with Crippen LogP contribution in [0.5, 0.6) is 5.75 Å². The Morgan fingerprint density at radius 2 is 1.69 bits per heavy atom. The van der Waals surface area contributed by atoms with Gasteiger partial charge in [-0.1, -0.05) is 29.3 Å². The Bertz CT molecular complexity index is 752. The molecule has 0 saturated carbocycles. The molecule has 0 amide bonds. The first-order valence-corrected chi connectivity index (χ1v) is 7.97. The number of alkyl halides is 3. The maximum Gasteiger partial charge on any atom is 0.392 e. The summed E-state index contributed by atoms with van der Waals surface area (Å²) in [6.45, 7) is -0.487. The fourth-order valence-electron chi connectivity index (χ4n) is 2.04. The van der Waals surface area contributed by atoms with Crippen molar-refractivity contribution in [2.45, 2.75) is 18.6 Å². The van der Waals surface area contributed by atoms with Gasteiger partial charge in [-0.2, -0.15) is 13.2 Å². The van der Waals surface area contributed by atoms with Crippen LogP contribution in [0.4, 0.5) is 13.2 Å². The standard InChI is InChI=1S/C17H14Cl2F3NO2.ClH/c18-13-6-3-11(9-14(13)19)15(23)16(24)10-1-4-12(5-2-10)25-8-7-17(20,21)22;/h1-6,9,15H,7-8,23H2;1H. The highest BCUT2D eigenvalue weighted by Crippen LogP contribution is 2.27. The first-order valence-electron chi connectivity index (χ1n) is 7.22. The van der Waals surface area contributed by atoms with E-state index in [-0.39, 0.29) is 29.0 Å². The Kier molecular flexibility index (Phi) is 8.21. The van der Waals surface area contributed by atoms with Crippen LogP contribution in [-0.2, 0) is 0 Å². The fraction of sp³-hybridized carbons (Fsp3) is 0.235. The second kappa shape index (κ2) is 9.46. The zero-order valence-corrected chi connectivity index (χ0v) is 15.6. The minimum atomic E-state index is -4.28. The molecule has 2 aromatic rings. The zero-order chi connectivity index (χ0) is 18.6. The average Bonchev–Trinajstić information content (AvgIpc) is 2.55. The van der Waals surface area contributed by atoms with Crippen LogP contribution in [0, 0.1) is 0 Å². The van der Waals surface area contributed by atoms with Crippen LogP contribution in [0.1, 0.15) is 28.4 Å². The third-order valence-electron chi connectivity index (χ3n) is 3.38. The highest BCUT2D eigenvalue weighted by atomic mass is 35.5. The van der Waals surface area contributed by atoms with E-state index in [2.05, 4.69) is 0 Å². The van der Waals surface area contributed by atoms with Crippen LogP contribution in [0.2, 0.25) is 10.0 Å². The summed E-state index contributed by atoms with van der Waals surface area (Å²) < 4.78 is 41.2. The van der Waals surface area contributed by atoms with Gasteiger partial charge < -0.3 is 10.5 Å². The van der Waals surface area contributed by atoms with Crippen molar-refractivity contribution in [1.29, 1.82) is 0 Å². The van der Waals surface area contributed by atoms with Crippen LogP contribution < -0.4 is 10.5 Å². The van der Waals surface area contributed by atoms with E-state index >= 15 is 0 Å². The quantitative estimate of drug-likeness (QED) is 0.607. The van der Waals surface area contributed by atoms with Gasteiger partial charge in [-0.3, -0.25) is 4.79 Å². The number of halogens is 6. The second-order valence-corrected chi connectivity index (χ2v) is 6.07. The molecule has 0 fully saturated rings. The molecular weight excluding hydrogens is 414 g/mol. The van der Waals surface area contributed by atoms with E-state index in [1.54, 1.807) is 12.1 Å². The molecule has 3 nitrogen and oxygen atoms in total. The van der Waals surface area contributed by atoms with Crippen molar-refractivity contribution >= 4 is 41.4 Å². The van der Waals surface area contributed by atoms with E-state index < -0.39 is 25.2 Å². The molecule has 142 valence electrons. The molecule has 26 heavy (non-hydrogen) atoms. The number of ketones is 1. The number of carbonyl (C=O) groups is 1. The summed E-state index contributed by atoms with van der Waals surface area (Å²) in [6.07, 6.45) is -5.32. The predicted octanol–water partition coefficient (Wildman–Crippen LogP) is 5.63. The summed E-state index contributed by atoms with van der Waals surface area (Å²) in [7, 11) is 0. The molecule has 0 aliphatic carbocycles. The van der Waals surface area contributed by atoms with Crippen molar-refractivity contribution < 1.29 is 22.7 Å².